The molecule has 3 heterocycles. The van der Waals surface area contributed by atoms with Crippen LogP contribution in [0.3, 0.4) is 0 Å². The maximum Gasteiger partial charge on any atom is 0.246 e. The lowest BCUT2D eigenvalue weighted by Crippen LogP contribution is -2.57. The summed E-state index contributed by atoms with van der Waals surface area (Å²) in [5, 5.41) is 6.25. The van der Waals surface area contributed by atoms with Gasteiger partial charge in [-0.25, -0.2) is 0 Å². The summed E-state index contributed by atoms with van der Waals surface area (Å²) in [5.74, 6) is -0.542. The molecule has 0 radical (unpaired) electrons. The lowest BCUT2D eigenvalue weighted by Gasteiger charge is -2.36. The van der Waals surface area contributed by atoms with Crippen LogP contribution in [0.2, 0.25) is 0 Å². The molecule has 2 saturated heterocycles. The second-order valence-electron chi connectivity index (χ2n) is 11.7. The molecule has 8 heteroatoms. The summed E-state index contributed by atoms with van der Waals surface area (Å²) in [4.78, 5) is 43.2. The summed E-state index contributed by atoms with van der Waals surface area (Å²) in [6, 6.07) is 6.50. The molecule has 1 aromatic rings. The summed E-state index contributed by atoms with van der Waals surface area (Å²) in [5.41, 5.74) is -0.497. The molecule has 8 nitrogen and oxygen atoms in total. The van der Waals surface area contributed by atoms with Gasteiger partial charge in [0.25, 0.3) is 0 Å². The first-order chi connectivity index (χ1) is 18.2. The van der Waals surface area contributed by atoms with Crippen LogP contribution in [0.15, 0.2) is 36.4 Å². The number of likely N-dealkylation sites (tertiary alicyclic amines) is 1. The smallest absolute Gasteiger partial charge is 0.246 e. The largest absolute Gasteiger partial charge is 0.494 e. The van der Waals surface area contributed by atoms with Crippen molar-refractivity contribution in [1.82, 2.24) is 10.2 Å². The zero-order valence-electron chi connectivity index (χ0n) is 22.9. The normalized spacial score (nSPS) is 33.5. The van der Waals surface area contributed by atoms with E-state index < -0.39 is 29.6 Å². The maximum absolute atomic E-state index is 14.0. The monoisotopic (exact) mass is 523 g/mol. The van der Waals surface area contributed by atoms with Crippen molar-refractivity contribution in [3.05, 3.63) is 36.4 Å². The Balaban J connectivity index is 1.40. The summed E-state index contributed by atoms with van der Waals surface area (Å²) < 4.78 is 11.9. The fraction of sp³-hybridized carbons (Fsp3) is 0.633. The molecule has 4 aliphatic rings. The molecule has 38 heavy (non-hydrogen) atoms. The van der Waals surface area contributed by atoms with Gasteiger partial charge in [0.2, 0.25) is 17.7 Å². The van der Waals surface area contributed by atoms with E-state index in [9.17, 15) is 14.4 Å². The van der Waals surface area contributed by atoms with Gasteiger partial charge in [-0.2, -0.15) is 0 Å². The molecule has 3 aliphatic heterocycles. The van der Waals surface area contributed by atoms with E-state index in [0.717, 1.165) is 31.4 Å². The van der Waals surface area contributed by atoms with E-state index in [-0.39, 0.29) is 23.8 Å². The highest BCUT2D eigenvalue weighted by Gasteiger charge is 2.72. The van der Waals surface area contributed by atoms with Gasteiger partial charge in [0, 0.05) is 18.3 Å². The van der Waals surface area contributed by atoms with Crippen molar-refractivity contribution in [1.29, 1.82) is 0 Å². The molecule has 1 spiro atoms. The number of fused-ring (bicyclic) bond motifs is 1. The van der Waals surface area contributed by atoms with Gasteiger partial charge < -0.3 is 25.0 Å². The number of carbonyl (C=O) groups is 3. The van der Waals surface area contributed by atoms with Crippen LogP contribution < -0.4 is 15.4 Å². The quantitative estimate of drug-likeness (QED) is 0.479. The second kappa shape index (κ2) is 10.7. The lowest BCUT2D eigenvalue weighted by molar-refractivity contribution is -0.141. The van der Waals surface area contributed by atoms with E-state index in [2.05, 4.69) is 31.4 Å². The minimum Gasteiger partial charge on any atom is -0.494 e. The molecule has 1 aromatic carbocycles. The maximum atomic E-state index is 14.0. The highest BCUT2D eigenvalue weighted by atomic mass is 16.5. The minimum absolute atomic E-state index is 0.0927. The Morgan fingerprint density at radius 1 is 1.16 bits per heavy atom. The first kappa shape index (κ1) is 26.7. The number of nitrogens with zero attached hydrogens (tertiary/aromatic N) is 1. The summed E-state index contributed by atoms with van der Waals surface area (Å²) in [6.45, 7) is 9.33. The van der Waals surface area contributed by atoms with Gasteiger partial charge in [-0.15, -0.1) is 0 Å². The van der Waals surface area contributed by atoms with Crippen LogP contribution >= 0.6 is 0 Å². The Kier molecular flexibility index (Phi) is 7.54. The van der Waals surface area contributed by atoms with Crippen LogP contribution in [0, 0.1) is 23.7 Å². The van der Waals surface area contributed by atoms with Crippen molar-refractivity contribution < 1.29 is 23.9 Å². The van der Waals surface area contributed by atoms with E-state index in [0.29, 0.717) is 30.7 Å². The Morgan fingerprint density at radius 2 is 1.89 bits per heavy atom. The fourth-order valence-electron chi connectivity index (χ4n) is 6.72. The topological polar surface area (TPSA) is 97.0 Å². The number of hydrogen-bond acceptors (Lipinski definition) is 5. The van der Waals surface area contributed by atoms with Gasteiger partial charge in [-0.1, -0.05) is 45.8 Å². The Hall–Kier alpha value is -2.87. The standard InChI is InChI=1S/C30H41N3O5/c1-5-37-21-12-10-20(11-13-21)31-27(34)24-23-14-16-30(38-23)25(24)29(36)33(17-15-18(2)3)26(30)28(35)32-22-9-7-6-8-19(22)4/h10-14,16,18-19,22-26H,5-9,15,17H2,1-4H3,(H,31,34)(H,32,35)/t19-,22-,23-,24+,25-,26-,30-/m0/s1. The third-order valence-corrected chi connectivity index (χ3v) is 8.74. The van der Waals surface area contributed by atoms with Crippen molar-refractivity contribution in [2.24, 2.45) is 23.7 Å². The van der Waals surface area contributed by atoms with Crippen LogP contribution in [0.25, 0.3) is 0 Å². The van der Waals surface area contributed by atoms with Crippen molar-refractivity contribution in [3.8, 4) is 5.75 Å². The van der Waals surface area contributed by atoms with Crippen LogP contribution in [-0.2, 0) is 19.1 Å². The van der Waals surface area contributed by atoms with Crippen LogP contribution in [0.4, 0.5) is 5.69 Å². The minimum atomic E-state index is -1.12. The summed E-state index contributed by atoms with van der Waals surface area (Å²) in [7, 11) is 0. The molecule has 5 rings (SSSR count). The number of benzene rings is 1. The van der Waals surface area contributed by atoms with Gasteiger partial charge in [-0.05, 0) is 62.3 Å². The Bertz CT molecular complexity index is 1090. The van der Waals surface area contributed by atoms with Crippen molar-refractivity contribution in [3.63, 3.8) is 0 Å². The molecular weight excluding hydrogens is 482 g/mol. The molecule has 7 atom stereocenters. The number of amides is 3. The van der Waals surface area contributed by atoms with E-state index in [1.807, 2.05) is 19.1 Å². The molecule has 3 fully saturated rings. The molecule has 2 N–H and O–H groups in total. The van der Waals surface area contributed by atoms with Crippen LogP contribution in [-0.4, -0.2) is 59.6 Å². The SMILES string of the molecule is CCOc1ccc(NC(=O)[C@@H]2[C@@H]3C=C[C@]4(O3)[C@@H]2C(=O)N(CCC(C)C)[C@H]4C(=O)N[C@H]2CCCC[C@@H]2C)cc1. The van der Waals surface area contributed by atoms with Gasteiger partial charge >= 0.3 is 0 Å². The fourth-order valence-corrected chi connectivity index (χ4v) is 6.72. The van der Waals surface area contributed by atoms with Crippen LogP contribution in [0.5, 0.6) is 5.75 Å². The summed E-state index contributed by atoms with van der Waals surface area (Å²) in [6.07, 6.45) is 8.29. The van der Waals surface area contributed by atoms with E-state index in [1.54, 1.807) is 29.2 Å². The average molecular weight is 524 g/mol. The molecule has 1 aliphatic carbocycles. The predicted molar refractivity (Wildman–Crippen MR) is 144 cm³/mol. The number of ether oxygens (including phenoxy) is 2. The first-order valence-electron chi connectivity index (χ1n) is 14.3. The number of anilines is 1. The number of hydrogen-bond donors (Lipinski definition) is 2. The van der Waals surface area contributed by atoms with Crippen molar-refractivity contribution in [2.45, 2.75) is 83.6 Å². The molecule has 1 saturated carbocycles. The highest BCUT2D eigenvalue weighted by molar-refractivity contribution is 6.02. The lowest BCUT2D eigenvalue weighted by atomic mass is 9.74. The molecule has 0 unspecified atom stereocenters. The highest BCUT2D eigenvalue weighted by Crippen LogP contribution is 2.55. The number of nitrogens with one attached hydrogen (secondary N) is 2. The molecular formula is C30H41N3O5. The molecule has 0 aromatic heterocycles. The molecule has 206 valence electrons. The Labute approximate surface area is 225 Å². The van der Waals surface area contributed by atoms with Gasteiger partial charge in [-0.3, -0.25) is 14.4 Å². The molecule has 3 amide bonds. The van der Waals surface area contributed by atoms with Gasteiger partial charge in [0.15, 0.2) is 0 Å². The van der Waals surface area contributed by atoms with E-state index in [4.69, 9.17) is 9.47 Å². The number of rotatable bonds is 9. The van der Waals surface area contributed by atoms with Crippen molar-refractivity contribution >= 4 is 23.4 Å². The zero-order valence-corrected chi connectivity index (χ0v) is 22.9. The molecule has 2 bridgehead atoms. The van der Waals surface area contributed by atoms with Gasteiger partial charge in [0.05, 0.1) is 24.5 Å². The van der Waals surface area contributed by atoms with E-state index >= 15 is 0 Å². The van der Waals surface area contributed by atoms with Crippen LogP contribution in [0.1, 0.15) is 59.8 Å². The van der Waals surface area contributed by atoms with E-state index in [1.165, 1.54) is 6.42 Å². The first-order valence-corrected chi connectivity index (χ1v) is 14.3. The average Bonchev–Trinajstić information content (AvgIpc) is 3.52. The van der Waals surface area contributed by atoms with Crippen molar-refractivity contribution in [2.75, 3.05) is 18.5 Å². The zero-order chi connectivity index (χ0) is 27.0. The third-order valence-electron chi connectivity index (χ3n) is 8.74. The summed E-state index contributed by atoms with van der Waals surface area (Å²) >= 11 is 0. The predicted octanol–water partition coefficient (Wildman–Crippen LogP) is 3.92. The third kappa shape index (κ3) is 4.72. The van der Waals surface area contributed by atoms with Gasteiger partial charge in [0.1, 0.15) is 17.4 Å². The second-order valence-corrected chi connectivity index (χ2v) is 11.7. The number of carbonyl (C=O) groups excluding carboxylic acids is 3. The Morgan fingerprint density at radius 3 is 2.58 bits per heavy atom.